The lowest BCUT2D eigenvalue weighted by atomic mass is 9.97. The zero-order valence-corrected chi connectivity index (χ0v) is 12.9. The van der Waals surface area contributed by atoms with Crippen LogP contribution >= 0.6 is 11.6 Å². The van der Waals surface area contributed by atoms with E-state index in [1.165, 1.54) is 5.56 Å². The van der Waals surface area contributed by atoms with Crippen molar-refractivity contribution in [2.45, 2.75) is 19.9 Å². The Morgan fingerprint density at radius 3 is 2.45 bits per heavy atom. The van der Waals surface area contributed by atoms with E-state index in [9.17, 15) is 0 Å². The summed E-state index contributed by atoms with van der Waals surface area (Å²) in [5.74, 6) is 0.860. The monoisotopic (exact) mass is 289 g/mol. The summed E-state index contributed by atoms with van der Waals surface area (Å²) in [5, 5.41) is 4.32. The Morgan fingerprint density at radius 1 is 1.15 bits per heavy atom. The third-order valence-electron chi connectivity index (χ3n) is 3.39. The fourth-order valence-electron chi connectivity index (χ4n) is 2.30. The van der Waals surface area contributed by atoms with Crippen LogP contribution in [-0.4, -0.2) is 13.7 Å². The molecule has 1 atom stereocenters. The smallest absolute Gasteiger partial charge is 0.118 e. The van der Waals surface area contributed by atoms with Gasteiger partial charge >= 0.3 is 0 Å². The molecule has 2 aromatic carbocycles. The minimum Gasteiger partial charge on any atom is -0.497 e. The third kappa shape index (κ3) is 3.14. The van der Waals surface area contributed by atoms with Crippen LogP contribution in [0.25, 0.3) is 0 Å². The third-order valence-corrected chi connectivity index (χ3v) is 3.91. The van der Waals surface area contributed by atoms with Crippen LogP contribution in [0.2, 0.25) is 5.02 Å². The summed E-state index contributed by atoms with van der Waals surface area (Å²) in [6.45, 7) is 5.00. The second-order valence-electron chi connectivity index (χ2n) is 4.74. The Morgan fingerprint density at radius 2 is 1.85 bits per heavy atom. The molecule has 0 amide bonds. The van der Waals surface area contributed by atoms with Crippen molar-refractivity contribution < 1.29 is 4.74 Å². The fourth-order valence-corrected chi connectivity index (χ4v) is 2.54. The van der Waals surface area contributed by atoms with E-state index in [1.807, 2.05) is 31.2 Å². The summed E-state index contributed by atoms with van der Waals surface area (Å²) in [5.41, 5.74) is 3.39. The normalized spacial score (nSPS) is 12.2. The highest BCUT2D eigenvalue weighted by atomic mass is 35.5. The Balaban J connectivity index is 2.41. The molecule has 0 heterocycles. The summed E-state index contributed by atoms with van der Waals surface area (Å²) < 4.78 is 5.21. The van der Waals surface area contributed by atoms with Gasteiger partial charge in [-0.1, -0.05) is 48.9 Å². The number of ether oxygens (including phenoxy) is 1. The molecule has 0 saturated carbocycles. The van der Waals surface area contributed by atoms with Gasteiger partial charge in [0.25, 0.3) is 0 Å². The number of nitrogens with one attached hydrogen (secondary N) is 1. The highest BCUT2D eigenvalue weighted by molar-refractivity contribution is 6.32. The van der Waals surface area contributed by atoms with E-state index in [1.54, 1.807) is 7.11 Å². The van der Waals surface area contributed by atoms with Crippen LogP contribution in [0.4, 0.5) is 0 Å². The van der Waals surface area contributed by atoms with Crippen LogP contribution in [0.15, 0.2) is 42.5 Å². The summed E-state index contributed by atoms with van der Waals surface area (Å²) in [4.78, 5) is 0. The summed E-state index contributed by atoms with van der Waals surface area (Å²) in [7, 11) is 1.67. The lowest BCUT2D eigenvalue weighted by molar-refractivity contribution is 0.414. The van der Waals surface area contributed by atoms with Crippen molar-refractivity contribution in [1.29, 1.82) is 0 Å². The Kier molecular flexibility index (Phi) is 5.05. The fraction of sp³-hybridized carbons (Fsp3) is 0.294. The van der Waals surface area contributed by atoms with Crippen LogP contribution in [0, 0.1) is 6.92 Å². The van der Waals surface area contributed by atoms with Crippen molar-refractivity contribution >= 4 is 11.6 Å². The van der Waals surface area contributed by atoms with Crippen molar-refractivity contribution in [3.63, 3.8) is 0 Å². The summed E-state index contributed by atoms with van der Waals surface area (Å²) >= 11 is 6.47. The number of rotatable bonds is 5. The second-order valence-corrected chi connectivity index (χ2v) is 5.12. The maximum atomic E-state index is 6.47. The number of aryl methyl sites for hydroxylation is 1. The topological polar surface area (TPSA) is 21.3 Å². The zero-order chi connectivity index (χ0) is 14.5. The first kappa shape index (κ1) is 14.9. The molecule has 2 nitrogen and oxygen atoms in total. The van der Waals surface area contributed by atoms with Crippen LogP contribution in [-0.2, 0) is 0 Å². The van der Waals surface area contributed by atoms with Gasteiger partial charge in [-0.2, -0.15) is 0 Å². The molecule has 0 aromatic heterocycles. The molecule has 0 saturated heterocycles. The average molecular weight is 290 g/mol. The number of hydrogen-bond donors (Lipinski definition) is 1. The van der Waals surface area contributed by atoms with E-state index in [-0.39, 0.29) is 6.04 Å². The van der Waals surface area contributed by atoms with Crippen molar-refractivity contribution in [3.8, 4) is 5.75 Å². The molecule has 0 spiro atoms. The van der Waals surface area contributed by atoms with Gasteiger partial charge in [0.2, 0.25) is 0 Å². The highest BCUT2D eigenvalue weighted by Crippen LogP contribution is 2.31. The van der Waals surface area contributed by atoms with E-state index < -0.39 is 0 Å². The van der Waals surface area contributed by atoms with Crippen molar-refractivity contribution in [2.75, 3.05) is 13.7 Å². The maximum absolute atomic E-state index is 6.47. The highest BCUT2D eigenvalue weighted by Gasteiger charge is 2.16. The number of hydrogen-bond acceptors (Lipinski definition) is 2. The molecule has 0 aliphatic rings. The Hall–Kier alpha value is -1.51. The van der Waals surface area contributed by atoms with Crippen LogP contribution in [0.3, 0.4) is 0 Å². The van der Waals surface area contributed by atoms with E-state index in [0.717, 1.165) is 28.4 Å². The van der Waals surface area contributed by atoms with Gasteiger partial charge in [0, 0.05) is 5.02 Å². The molecular formula is C17H20ClNO. The van der Waals surface area contributed by atoms with Gasteiger partial charge in [-0.05, 0) is 42.3 Å². The first-order chi connectivity index (χ1) is 9.67. The van der Waals surface area contributed by atoms with Crippen LogP contribution < -0.4 is 10.1 Å². The SMILES string of the molecule is CCNC(c1ccc(OC)cc1)c1cccc(C)c1Cl. The van der Waals surface area contributed by atoms with Crippen molar-refractivity contribution in [3.05, 3.63) is 64.2 Å². The van der Waals surface area contributed by atoms with Crippen LogP contribution in [0.1, 0.15) is 29.7 Å². The predicted molar refractivity (Wildman–Crippen MR) is 84.7 cm³/mol. The molecule has 3 heteroatoms. The predicted octanol–water partition coefficient (Wildman–Crippen LogP) is 4.36. The molecule has 2 rings (SSSR count). The van der Waals surface area contributed by atoms with Gasteiger partial charge < -0.3 is 10.1 Å². The van der Waals surface area contributed by atoms with Gasteiger partial charge in [0.1, 0.15) is 5.75 Å². The Labute approximate surface area is 125 Å². The van der Waals surface area contributed by atoms with E-state index in [2.05, 4.69) is 30.4 Å². The molecule has 2 aromatic rings. The molecule has 106 valence electrons. The quantitative estimate of drug-likeness (QED) is 0.883. The first-order valence-electron chi connectivity index (χ1n) is 6.79. The largest absolute Gasteiger partial charge is 0.497 e. The standard InChI is InChI=1S/C17H20ClNO/c1-4-19-17(13-8-10-14(20-3)11-9-13)15-7-5-6-12(2)16(15)18/h5-11,17,19H,4H2,1-3H3. The lowest BCUT2D eigenvalue weighted by Crippen LogP contribution is -2.22. The molecule has 1 N–H and O–H groups in total. The second kappa shape index (κ2) is 6.78. The molecule has 0 bridgehead atoms. The minimum atomic E-state index is 0.0957. The summed E-state index contributed by atoms with van der Waals surface area (Å²) in [6, 6.07) is 14.3. The van der Waals surface area contributed by atoms with Gasteiger partial charge in [-0.15, -0.1) is 0 Å². The van der Waals surface area contributed by atoms with E-state index in [0.29, 0.717) is 0 Å². The van der Waals surface area contributed by atoms with Gasteiger partial charge in [-0.25, -0.2) is 0 Å². The van der Waals surface area contributed by atoms with Gasteiger partial charge in [-0.3, -0.25) is 0 Å². The molecule has 20 heavy (non-hydrogen) atoms. The van der Waals surface area contributed by atoms with E-state index >= 15 is 0 Å². The van der Waals surface area contributed by atoms with Crippen molar-refractivity contribution in [2.24, 2.45) is 0 Å². The first-order valence-corrected chi connectivity index (χ1v) is 7.17. The molecule has 0 aliphatic carbocycles. The van der Waals surface area contributed by atoms with Crippen molar-refractivity contribution in [1.82, 2.24) is 5.32 Å². The average Bonchev–Trinajstić information content (AvgIpc) is 2.48. The minimum absolute atomic E-state index is 0.0957. The number of methoxy groups -OCH3 is 1. The zero-order valence-electron chi connectivity index (χ0n) is 12.1. The Bertz CT molecular complexity index is 566. The van der Waals surface area contributed by atoms with Gasteiger partial charge in [0.05, 0.1) is 13.2 Å². The van der Waals surface area contributed by atoms with Crippen LogP contribution in [0.5, 0.6) is 5.75 Å². The molecule has 0 fully saturated rings. The molecule has 1 unspecified atom stereocenters. The number of halogens is 1. The summed E-state index contributed by atoms with van der Waals surface area (Å²) in [6.07, 6.45) is 0. The maximum Gasteiger partial charge on any atom is 0.118 e. The molecule has 0 radical (unpaired) electrons. The lowest BCUT2D eigenvalue weighted by Gasteiger charge is -2.21. The molecular weight excluding hydrogens is 270 g/mol. The van der Waals surface area contributed by atoms with Gasteiger partial charge in [0.15, 0.2) is 0 Å². The molecule has 0 aliphatic heterocycles. The number of benzene rings is 2. The van der Waals surface area contributed by atoms with E-state index in [4.69, 9.17) is 16.3 Å².